The van der Waals surface area contributed by atoms with E-state index in [1.807, 2.05) is 36.4 Å². The van der Waals surface area contributed by atoms with Crippen LogP contribution in [-0.4, -0.2) is 43.3 Å². The van der Waals surface area contributed by atoms with Crippen LogP contribution in [0.3, 0.4) is 0 Å². The lowest BCUT2D eigenvalue weighted by Crippen LogP contribution is -2.24. The van der Waals surface area contributed by atoms with E-state index in [9.17, 15) is 4.79 Å². The molecule has 1 aromatic heterocycles. The van der Waals surface area contributed by atoms with E-state index in [0.717, 1.165) is 53.1 Å². The number of aromatic nitrogens is 2. The Morgan fingerprint density at radius 3 is 2.32 bits per heavy atom. The van der Waals surface area contributed by atoms with Crippen molar-refractivity contribution in [2.45, 2.75) is 32.2 Å². The number of para-hydroxylation sites is 2. The number of rotatable bonds is 12. The van der Waals surface area contributed by atoms with Crippen molar-refractivity contribution in [3.05, 3.63) is 82.6 Å². The van der Waals surface area contributed by atoms with Crippen LogP contribution in [0, 0.1) is 0 Å². The molecular formula is C29H32ClN3O4. The fourth-order valence-corrected chi connectivity index (χ4v) is 4.59. The van der Waals surface area contributed by atoms with Gasteiger partial charge in [-0.3, -0.25) is 4.79 Å². The maximum Gasteiger partial charge on any atom is 0.251 e. The van der Waals surface area contributed by atoms with Gasteiger partial charge in [-0.05, 0) is 48.7 Å². The molecule has 4 rings (SSSR count). The van der Waals surface area contributed by atoms with Crippen molar-refractivity contribution in [2.75, 3.05) is 27.9 Å². The van der Waals surface area contributed by atoms with Crippen LogP contribution in [0.15, 0.2) is 60.7 Å². The second kappa shape index (κ2) is 12.5. The Kier molecular flexibility index (Phi) is 8.90. The van der Waals surface area contributed by atoms with E-state index in [4.69, 9.17) is 30.8 Å². The number of ether oxygens (including phenoxy) is 3. The lowest BCUT2D eigenvalue weighted by Gasteiger charge is -2.14. The summed E-state index contributed by atoms with van der Waals surface area (Å²) in [6, 6.07) is 19.4. The highest BCUT2D eigenvalue weighted by atomic mass is 35.5. The molecule has 0 aliphatic carbocycles. The van der Waals surface area contributed by atoms with Gasteiger partial charge in [-0.2, -0.15) is 0 Å². The van der Waals surface area contributed by atoms with Crippen LogP contribution in [0.1, 0.15) is 41.0 Å². The number of hydrogen-bond donors (Lipinski definition) is 1. The molecule has 0 atom stereocenters. The molecular weight excluding hydrogens is 490 g/mol. The van der Waals surface area contributed by atoms with Crippen LogP contribution in [0.4, 0.5) is 0 Å². The van der Waals surface area contributed by atoms with Crippen molar-refractivity contribution in [2.24, 2.45) is 0 Å². The van der Waals surface area contributed by atoms with Crippen molar-refractivity contribution in [3.63, 3.8) is 0 Å². The standard InChI is InChI=1S/C29H32ClN3O4/c1-35-25-17-21(18-26(36-2)28(25)37-3)29(34)31-16-10-4-5-15-27-32-23-13-8-9-14-24(23)33(27)19-20-11-6-7-12-22(20)30/h6-9,11-14,17-18H,4-5,10,15-16,19H2,1-3H3,(H,31,34). The molecule has 0 aliphatic heterocycles. The lowest BCUT2D eigenvalue weighted by molar-refractivity contribution is 0.0952. The van der Waals surface area contributed by atoms with Gasteiger partial charge in [-0.1, -0.05) is 48.4 Å². The van der Waals surface area contributed by atoms with Gasteiger partial charge in [0.15, 0.2) is 11.5 Å². The summed E-state index contributed by atoms with van der Waals surface area (Å²) in [4.78, 5) is 17.6. The molecule has 0 saturated heterocycles. The molecule has 0 bridgehead atoms. The molecule has 4 aromatic rings. The van der Waals surface area contributed by atoms with E-state index in [2.05, 4.69) is 22.0 Å². The Labute approximate surface area is 222 Å². The molecule has 0 fully saturated rings. The highest BCUT2D eigenvalue weighted by Crippen LogP contribution is 2.38. The predicted molar refractivity (Wildman–Crippen MR) is 146 cm³/mol. The van der Waals surface area contributed by atoms with Crippen LogP contribution in [0.5, 0.6) is 17.2 Å². The Balaban J connectivity index is 1.33. The number of methoxy groups -OCH3 is 3. The minimum absolute atomic E-state index is 0.180. The van der Waals surface area contributed by atoms with E-state index >= 15 is 0 Å². The summed E-state index contributed by atoms with van der Waals surface area (Å²) in [5.74, 6) is 2.23. The van der Waals surface area contributed by atoms with Crippen molar-refractivity contribution in [1.82, 2.24) is 14.9 Å². The van der Waals surface area contributed by atoms with Crippen molar-refractivity contribution in [3.8, 4) is 17.2 Å². The third-order valence-corrected chi connectivity index (χ3v) is 6.68. The Hall–Kier alpha value is -3.71. The van der Waals surface area contributed by atoms with Crippen LogP contribution in [0.25, 0.3) is 11.0 Å². The zero-order chi connectivity index (χ0) is 26.2. The molecule has 0 aliphatic rings. The molecule has 0 spiro atoms. The van der Waals surface area contributed by atoms with Gasteiger partial charge in [0.2, 0.25) is 5.75 Å². The number of carbonyl (C=O) groups excluding carboxylic acids is 1. The van der Waals surface area contributed by atoms with Crippen molar-refractivity contribution < 1.29 is 19.0 Å². The molecule has 194 valence electrons. The van der Waals surface area contributed by atoms with Crippen LogP contribution < -0.4 is 19.5 Å². The second-order valence-electron chi connectivity index (χ2n) is 8.67. The molecule has 3 aromatic carbocycles. The minimum Gasteiger partial charge on any atom is -0.493 e. The van der Waals surface area contributed by atoms with Gasteiger partial charge >= 0.3 is 0 Å². The summed E-state index contributed by atoms with van der Waals surface area (Å²) >= 11 is 6.44. The number of unbranched alkanes of at least 4 members (excludes halogenated alkanes) is 2. The summed E-state index contributed by atoms with van der Waals surface area (Å²) < 4.78 is 18.3. The highest BCUT2D eigenvalue weighted by molar-refractivity contribution is 6.31. The molecule has 1 N–H and O–H groups in total. The number of hydrogen-bond acceptors (Lipinski definition) is 5. The first-order valence-corrected chi connectivity index (χ1v) is 12.7. The van der Waals surface area contributed by atoms with Crippen molar-refractivity contribution in [1.29, 1.82) is 0 Å². The number of nitrogens with zero attached hydrogens (tertiary/aromatic N) is 2. The topological polar surface area (TPSA) is 74.6 Å². The Bertz CT molecular complexity index is 1340. The quantitative estimate of drug-likeness (QED) is 0.235. The maximum absolute atomic E-state index is 12.7. The summed E-state index contributed by atoms with van der Waals surface area (Å²) in [5.41, 5.74) is 3.63. The number of aryl methyl sites for hydroxylation is 1. The Morgan fingerprint density at radius 2 is 1.62 bits per heavy atom. The van der Waals surface area contributed by atoms with Crippen molar-refractivity contribution >= 4 is 28.5 Å². The monoisotopic (exact) mass is 521 g/mol. The zero-order valence-corrected chi connectivity index (χ0v) is 22.2. The predicted octanol–water partition coefficient (Wildman–Crippen LogP) is 5.91. The van der Waals surface area contributed by atoms with Gasteiger partial charge in [0, 0.05) is 23.6 Å². The maximum atomic E-state index is 12.7. The van der Waals surface area contributed by atoms with Crippen LogP contribution in [-0.2, 0) is 13.0 Å². The number of amides is 1. The third-order valence-electron chi connectivity index (χ3n) is 6.31. The second-order valence-corrected chi connectivity index (χ2v) is 9.08. The first-order valence-electron chi connectivity index (χ1n) is 12.3. The van der Waals surface area contributed by atoms with E-state index in [1.165, 1.54) is 21.3 Å². The van der Waals surface area contributed by atoms with E-state index in [1.54, 1.807) is 12.1 Å². The molecule has 7 nitrogen and oxygen atoms in total. The number of carbonyl (C=O) groups is 1. The van der Waals surface area contributed by atoms with E-state index in [-0.39, 0.29) is 5.91 Å². The highest BCUT2D eigenvalue weighted by Gasteiger charge is 2.17. The summed E-state index contributed by atoms with van der Waals surface area (Å²) in [6.07, 6.45) is 3.64. The number of fused-ring (bicyclic) bond motifs is 1. The fraction of sp³-hybridized carbons (Fsp3) is 0.310. The van der Waals surface area contributed by atoms with Crippen LogP contribution >= 0.6 is 11.6 Å². The first-order chi connectivity index (χ1) is 18.0. The SMILES string of the molecule is COc1cc(C(=O)NCCCCCc2nc3ccccc3n2Cc2ccccc2Cl)cc(OC)c1OC. The smallest absolute Gasteiger partial charge is 0.251 e. The third kappa shape index (κ3) is 6.17. The lowest BCUT2D eigenvalue weighted by atomic mass is 10.1. The van der Waals surface area contributed by atoms with Gasteiger partial charge in [-0.15, -0.1) is 0 Å². The average molecular weight is 522 g/mol. The number of imidazole rings is 1. The van der Waals surface area contributed by atoms with E-state index < -0.39 is 0 Å². The number of halogens is 1. The molecule has 0 saturated carbocycles. The molecule has 1 heterocycles. The zero-order valence-electron chi connectivity index (χ0n) is 21.4. The number of benzene rings is 3. The fourth-order valence-electron chi connectivity index (χ4n) is 4.39. The van der Waals surface area contributed by atoms with Gasteiger partial charge in [-0.25, -0.2) is 4.98 Å². The van der Waals surface area contributed by atoms with E-state index in [0.29, 0.717) is 35.9 Å². The van der Waals surface area contributed by atoms with Gasteiger partial charge in [0.05, 0.1) is 38.9 Å². The molecule has 8 heteroatoms. The average Bonchev–Trinajstić information content (AvgIpc) is 3.27. The number of nitrogens with one attached hydrogen (secondary N) is 1. The van der Waals surface area contributed by atoms with Crippen LogP contribution in [0.2, 0.25) is 5.02 Å². The van der Waals surface area contributed by atoms with Gasteiger partial charge in [0.25, 0.3) is 5.91 Å². The summed E-state index contributed by atoms with van der Waals surface area (Å²) in [5, 5.41) is 3.74. The molecule has 0 unspecified atom stereocenters. The first kappa shape index (κ1) is 26.4. The Morgan fingerprint density at radius 1 is 0.919 bits per heavy atom. The normalized spacial score (nSPS) is 10.9. The minimum atomic E-state index is -0.180. The largest absolute Gasteiger partial charge is 0.493 e. The summed E-state index contributed by atoms with van der Waals surface area (Å²) in [6.45, 7) is 1.26. The van der Waals surface area contributed by atoms with Gasteiger partial charge in [0.1, 0.15) is 5.82 Å². The molecule has 37 heavy (non-hydrogen) atoms. The molecule has 1 amide bonds. The molecule has 0 radical (unpaired) electrons. The summed E-state index contributed by atoms with van der Waals surface area (Å²) in [7, 11) is 4.59. The van der Waals surface area contributed by atoms with Gasteiger partial charge < -0.3 is 24.1 Å².